The van der Waals surface area contributed by atoms with E-state index in [4.69, 9.17) is 4.74 Å². The first-order valence-corrected chi connectivity index (χ1v) is 14.2. The van der Waals surface area contributed by atoms with Crippen LogP contribution in [0.3, 0.4) is 0 Å². The Labute approximate surface area is 241 Å². The topological polar surface area (TPSA) is 106 Å². The number of fused-ring (bicyclic) bond motifs is 1. The molecule has 0 bridgehead atoms. The van der Waals surface area contributed by atoms with Crippen molar-refractivity contribution < 1.29 is 14.6 Å². The summed E-state index contributed by atoms with van der Waals surface area (Å²) in [5.74, 6) is -0.199. The molecule has 0 saturated carbocycles. The maximum atomic E-state index is 13.8. The lowest BCUT2D eigenvalue weighted by molar-refractivity contribution is -0.139. The van der Waals surface area contributed by atoms with Gasteiger partial charge in [0.15, 0.2) is 4.80 Å². The Hall–Kier alpha value is -4.63. The first-order valence-electron chi connectivity index (χ1n) is 13.4. The number of aromatic nitrogens is 1. The molecule has 0 aliphatic carbocycles. The van der Waals surface area contributed by atoms with Gasteiger partial charge in [-0.05, 0) is 61.2 Å². The number of rotatable bonds is 7. The van der Waals surface area contributed by atoms with Gasteiger partial charge in [0.2, 0.25) is 0 Å². The number of thiazole rings is 1. The van der Waals surface area contributed by atoms with Crippen LogP contribution in [0, 0.1) is 0 Å². The Kier molecular flexibility index (Phi) is 8.07. The standard InChI is InChI=1S/C32H30N4O4S/c1-5-40-31(39)28-20(4)33-32-36(29(28)22-13-11-21(12-14-22)19(2)3)30(38)27(41-32)17-23-15-16-25(18-26(23)37)35-34-24-9-7-6-8-10-24/h6-19,29,37H,5H2,1-4H3/b27-17-,35-34?/t29-/m0/s1. The molecular weight excluding hydrogens is 536 g/mol. The van der Waals surface area contributed by atoms with E-state index in [1.807, 2.05) is 54.6 Å². The molecule has 208 valence electrons. The minimum Gasteiger partial charge on any atom is -0.507 e. The third-order valence-corrected chi connectivity index (χ3v) is 7.76. The highest BCUT2D eigenvalue weighted by molar-refractivity contribution is 7.07. The lowest BCUT2D eigenvalue weighted by Crippen LogP contribution is -2.39. The SMILES string of the molecule is CCOC(=O)C1=C(C)N=c2s/c(=C\c3ccc(N=Nc4ccccc4)cc3O)c(=O)n2[C@H]1c1ccc(C(C)C)cc1. The molecule has 41 heavy (non-hydrogen) atoms. The summed E-state index contributed by atoms with van der Waals surface area (Å²) in [6.45, 7) is 7.93. The average molecular weight is 567 g/mol. The highest BCUT2D eigenvalue weighted by atomic mass is 32.1. The predicted molar refractivity (Wildman–Crippen MR) is 160 cm³/mol. The Morgan fingerprint density at radius 1 is 1.07 bits per heavy atom. The van der Waals surface area contributed by atoms with Crippen LogP contribution in [-0.4, -0.2) is 22.2 Å². The van der Waals surface area contributed by atoms with Crippen LogP contribution < -0.4 is 14.9 Å². The fourth-order valence-corrected chi connectivity index (χ4v) is 5.68. The van der Waals surface area contributed by atoms with E-state index < -0.39 is 12.0 Å². The molecule has 4 aromatic rings. The zero-order chi connectivity index (χ0) is 29.1. The predicted octanol–water partition coefficient (Wildman–Crippen LogP) is 6.04. The Morgan fingerprint density at radius 2 is 1.78 bits per heavy atom. The second-order valence-electron chi connectivity index (χ2n) is 9.90. The van der Waals surface area contributed by atoms with Gasteiger partial charge < -0.3 is 9.84 Å². The summed E-state index contributed by atoms with van der Waals surface area (Å²) in [7, 11) is 0. The average Bonchev–Trinajstić information content (AvgIpc) is 3.27. The van der Waals surface area contributed by atoms with Crippen LogP contribution in [0.1, 0.15) is 56.3 Å². The number of allylic oxidation sites excluding steroid dienone is 1. The number of aromatic hydroxyl groups is 1. The fourth-order valence-electron chi connectivity index (χ4n) is 4.64. The van der Waals surface area contributed by atoms with Gasteiger partial charge in [0, 0.05) is 11.6 Å². The summed E-state index contributed by atoms with van der Waals surface area (Å²) < 4.78 is 7.29. The van der Waals surface area contributed by atoms with Crippen molar-refractivity contribution in [3.63, 3.8) is 0 Å². The van der Waals surface area contributed by atoms with Crippen molar-refractivity contribution in [2.24, 2.45) is 15.2 Å². The zero-order valence-corrected chi connectivity index (χ0v) is 24.1. The van der Waals surface area contributed by atoms with E-state index in [-0.39, 0.29) is 17.9 Å². The number of hydrogen-bond donors (Lipinski definition) is 1. The van der Waals surface area contributed by atoms with Gasteiger partial charge in [-0.15, -0.1) is 0 Å². The second-order valence-corrected chi connectivity index (χ2v) is 10.9. The van der Waals surface area contributed by atoms with E-state index >= 15 is 0 Å². The molecule has 5 rings (SSSR count). The smallest absolute Gasteiger partial charge is 0.338 e. The van der Waals surface area contributed by atoms with Gasteiger partial charge >= 0.3 is 5.97 Å². The number of phenols is 1. The van der Waals surface area contributed by atoms with Gasteiger partial charge in [-0.3, -0.25) is 9.36 Å². The van der Waals surface area contributed by atoms with Gasteiger partial charge in [-0.1, -0.05) is 67.6 Å². The quantitative estimate of drug-likeness (QED) is 0.217. The van der Waals surface area contributed by atoms with Crippen molar-refractivity contribution in [2.45, 2.75) is 39.7 Å². The number of nitrogens with zero attached hydrogens (tertiary/aromatic N) is 4. The van der Waals surface area contributed by atoms with Crippen LogP contribution in [0.4, 0.5) is 11.4 Å². The van der Waals surface area contributed by atoms with Gasteiger partial charge in [0.05, 0.1) is 39.8 Å². The summed E-state index contributed by atoms with van der Waals surface area (Å²) in [6, 6.07) is 21.4. The lowest BCUT2D eigenvalue weighted by atomic mass is 9.93. The molecule has 2 heterocycles. The highest BCUT2D eigenvalue weighted by Gasteiger charge is 2.33. The molecular formula is C32H30N4O4S. The molecule has 1 atom stereocenters. The van der Waals surface area contributed by atoms with Gasteiger partial charge in [-0.2, -0.15) is 10.2 Å². The first kappa shape index (κ1) is 27.9. The second kappa shape index (κ2) is 11.9. The monoisotopic (exact) mass is 566 g/mol. The van der Waals surface area contributed by atoms with Crippen molar-refractivity contribution in [1.29, 1.82) is 0 Å². The van der Waals surface area contributed by atoms with Gasteiger partial charge in [0.1, 0.15) is 5.75 Å². The minimum atomic E-state index is -0.692. The molecule has 9 heteroatoms. The fraction of sp³-hybridized carbons (Fsp3) is 0.219. The molecule has 0 unspecified atom stereocenters. The normalized spacial score (nSPS) is 15.3. The molecule has 8 nitrogen and oxygen atoms in total. The van der Waals surface area contributed by atoms with Crippen LogP contribution in [0.5, 0.6) is 5.75 Å². The number of carbonyl (C=O) groups excluding carboxylic acids is 1. The molecule has 1 aliphatic rings. The van der Waals surface area contributed by atoms with Crippen LogP contribution in [0.2, 0.25) is 0 Å². The number of ether oxygens (including phenoxy) is 1. The third kappa shape index (κ3) is 5.81. The van der Waals surface area contributed by atoms with Crippen molar-refractivity contribution in [1.82, 2.24) is 4.57 Å². The van der Waals surface area contributed by atoms with Gasteiger partial charge in [0.25, 0.3) is 5.56 Å². The van der Waals surface area contributed by atoms with Crippen molar-refractivity contribution in [3.05, 3.63) is 120 Å². The number of phenolic OH excluding ortho intramolecular Hbond substituents is 1. The minimum absolute atomic E-state index is 0.0374. The molecule has 0 spiro atoms. The molecule has 1 aromatic heterocycles. The molecule has 0 fully saturated rings. The molecule has 0 saturated heterocycles. The molecule has 0 radical (unpaired) electrons. The van der Waals surface area contributed by atoms with Crippen molar-refractivity contribution in [2.75, 3.05) is 6.61 Å². The van der Waals surface area contributed by atoms with Crippen molar-refractivity contribution in [3.8, 4) is 5.75 Å². The number of carbonyl (C=O) groups is 1. The largest absolute Gasteiger partial charge is 0.507 e. The van der Waals surface area contributed by atoms with E-state index in [2.05, 4.69) is 29.1 Å². The number of benzene rings is 3. The Bertz CT molecular complexity index is 1840. The van der Waals surface area contributed by atoms with Gasteiger partial charge in [-0.25, -0.2) is 9.79 Å². The number of esters is 1. The van der Waals surface area contributed by atoms with E-state index in [0.717, 1.165) is 11.1 Å². The summed E-state index contributed by atoms with van der Waals surface area (Å²) in [5.41, 5.74) is 4.09. The summed E-state index contributed by atoms with van der Waals surface area (Å²) in [6.07, 6.45) is 1.62. The van der Waals surface area contributed by atoms with Crippen LogP contribution in [-0.2, 0) is 9.53 Å². The zero-order valence-electron chi connectivity index (χ0n) is 23.2. The van der Waals surface area contributed by atoms with Crippen LogP contribution >= 0.6 is 11.3 Å². The molecule has 0 amide bonds. The van der Waals surface area contributed by atoms with E-state index in [1.165, 1.54) is 17.4 Å². The molecule has 1 aliphatic heterocycles. The van der Waals surface area contributed by atoms with E-state index in [1.54, 1.807) is 36.6 Å². The summed E-state index contributed by atoms with van der Waals surface area (Å²) in [5, 5.41) is 19.1. The number of hydrogen-bond acceptors (Lipinski definition) is 8. The number of azo groups is 1. The maximum absolute atomic E-state index is 13.8. The van der Waals surface area contributed by atoms with Crippen molar-refractivity contribution >= 4 is 34.8 Å². The Balaban J connectivity index is 1.58. The highest BCUT2D eigenvalue weighted by Crippen LogP contribution is 2.32. The van der Waals surface area contributed by atoms with E-state index in [0.29, 0.717) is 43.5 Å². The van der Waals surface area contributed by atoms with Crippen LogP contribution in [0.15, 0.2) is 104 Å². The summed E-state index contributed by atoms with van der Waals surface area (Å²) in [4.78, 5) is 32.0. The maximum Gasteiger partial charge on any atom is 0.338 e. The first-order chi connectivity index (χ1) is 19.8. The van der Waals surface area contributed by atoms with E-state index in [9.17, 15) is 14.7 Å². The molecule has 3 aromatic carbocycles. The van der Waals surface area contributed by atoms with Crippen LogP contribution in [0.25, 0.3) is 6.08 Å². The lowest BCUT2D eigenvalue weighted by Gasteiger charge is -2.25. The molecule has 1 N–H and O–H groups in total. The summed E-state index contributed by atoms with van der Waals surface area (Å²) >= 11 is 1.20. The third-order valence-electron chi connectivity index (χ3n) is 6.77. The Morgan fingerprint density at radius 3 is 2.44 bits per heavy atom.